The van der Waals surface area contributed by atoms with Crippen molar-refractivity contribution < 1.29 is 23.1 Å². The maximum atomic E-state index is 13.1. The summed E-state index contributed by atoms with van der Waals surface area (Å²) in [4.78, 5) is 26.2. The van der Waals surface area contributed by atoms with Crippen LogP contribution < -0.4 is 5.73 Å². The second-order valence-corrected chi connectivity index (χ2v) is 5.24. The summed E-state index contributed by atoms with van der Waals surface area (Å²) >= 11 is 0. The molecule has 2 N–H and O–H groups in total. The smallest absolute Gasteiger partial charge is 0.253 e. The Balaban J connectivity index is 1.87. The molecule has 0 aromatic heterocycles. The van der Waals surface area contributed by atoms with Crippen LogP contribution in [0.1, 0.15) is 12.8 Å². The SMILES string of the molecule is NC(=O)CN1CCOC(C(=O)N2CCC(F)(F)CC2)C1. The molecule has 2 rings (SSSR count). The Hall–Kier alpha value is -1.28. The van der Waals surface area contributed by atoms with Gasteiger partial charge in [0.25, 0.3) is 11.8 Å². The molecular weight excluding hydrogens is 272 g/mol. The first-order valence-electron chi connectivity index (χ1n) is 6.66. The second kappa shape index (κ2) is 6.01. The van der Waals surface area contributed by atoms with Crippen molar-refractivity contribution in [2.24, 2.45) is 5.73 Å². The van der Waals surface area contributed by atoms with Gasteiger partial charge < -0.3 is 15.4 Å². The van der Waals surface area contributed by atoms with Crippen LogP contribution in [0.2, 0.25) is 0 Å². The number of rotatable bonds is 3. The summed E-state index contributed by atoms with van der Waals surface area (Å²) in [6.45, 7) is 1.29. The predicted octanol–water partition coefficient (Wildman–Crippen LogP) is -0.570. The van der Waals surface area contributed by atoms with Gasteiger partial charge in [0.2, 0.25) is 5.91 Å². The van der Waals surface area contributed by atoms with Gasteiger partial charge in [0.05, 0.1) is 13.2 Å². The molecule has 2 saturated heterocycles. The third kappa shape index (κ3) is 3.86. The van der Waals surface area contributed by atoms with Crippen LogP contribution in [0.5, 0.6) is 0 Å². The summed E-state index contributed by atoms with van der Waals surface area (Å²) in [6.07, 6.45) is -1.32. The molecule has 1 unspecified atom stereocenters. The number of primary amides is 1. The van der Waals surface area contributed by atoms with E-state index in [0.717, 1.165) is 0 Å². The predicted molar refractivity (Wildman–Crippen MR) is 66.1 cm³/mol. The Labute approximate surface area is 115 Å². The molecule has 2 fully saturated rings. The summed E-state index contributed by atoms with van der Waals surface area (Å²) in [6, 6.07) is 0. The molecule has 0 radical (unpaired) electrons. The van der Waals surface area contributed by atoms with Crippen LogP contribution in [0.3, 0.4) is 0 Å². The molecule has 2 amide bonds. The minimum Gasteiger partial charge on any atom is -0.369 e. The van der Waals surface area contributed by atoms with Crippen molar-refractivity contribution in [3.8, 4) is 0 Å². The molecular formula is C12H19F2N3O3. The van der Waals surface area contributed by atoms with E-state index < -0.39 is 17.9 Å². The zero-order chi connectivity index (χ0) is 14.8. The lowest BCUT2D eigenvalue weighted by atomic mass is 10.1. The maximum absolute atomic E-state index is 13.1. The van der Waals surface area contributed by atoms with Gasteiger partial charge in [-0.3, -0.25) is 14.5 Å². The number of hydrogen-bond donors (Lipinski definition) is 1. The van der Waals surface area contributed by atoms with E-state index in [0.29, 0.717) is 13.2 Å². The lowest BCUT2D eigenvalue weighted by Crippen LogP contribution is -2.54. The number of amides is 2. The molecule has 2 aliphatic heterocycles. The monoisotopic (exact) mass is 291 g/mol. The third-order valence-electron chi connectivity index (χ3n) is 3.61. The Morgan fingerprint density at radius 2 is 1.90 bits per heavy atom. The quantitative estimate of drug-likeness (QED) is 0.755. The first-order chi connectivity index (χ1) is 9.37. The molecule has 114 valence electrons. The molecule has 0 aliphatic carbocycles. The number of halogens is 2. The van der Waals surface area contributed by atoms with Crippen molar-refractivity contribution in [1.29, 1.82) is 0 Å². The van der Waals surface area contributed by atoms with E-state index in [1.807, 2.05) is 0 Å². The average molecular weight is 291 g/mol. The first-order valence-corrected chi connectivity index (χ1v) is 6.66. The molecule has 0 bridgehead atoms. The van der Waals surface area contributed by atoms with Crippen LogP contribution in [0.15, 0.2) is 0 Å². The molecule has 0 aromatic rings. The Morgan fingerprint density at radius 3 is 2.50 bits per heavy atom. The number of morpholine rings is 1. The number of piperidine rings is 1. The van der Waals surface area contributed by atoms with E-state index in [4.69, 9.17) is 10.5 Å². The molecule has 0 saturated carbocycles. The van der Waals surface area contributed by atoms with Crippen molar-refractivity contribution in [2.45, 2.75) is 24.9 Å². The van der Waals surface area contributed by atoms with Gasteiger partial charge in [-0.15, -0.1) is 0 Å². The van der Waals surface area contributed by atoms with E-state index in [-0.39, 0.29) is 44.9 Å². The summed E-state index contributed by atoms with van der Waals surface area (Å²) < 4.78 is 31.5. The maximum Gasteiger partial charge on any atom is 0.253 e. The summed E-state index contributed by atoms with van der Waals surface area (Å²) in [5, 5.41) is 0. The van der Waals surface area contributed by atoms with Crippen LogP contribution in [-0.2, 0) is 14.3 Å². The Morgan fingerprint density at radius 1 is 1.25 bits per heavy atom. The van der Waals surface area contributed by atoms with Crippen molar-refractivity contribution in [3.05, 3.63) is 0 Å². The average Bonchev–Trinajstić information content (AvgIpc) is 2.37. The third-order valence-corrected chi connectivity index (χ3v) is 3.61. The van der Waals surface area contributed by atoms with Gasteiger partial charge in [-0.1, -0.05) is 0 Å². The highest BCUT2D eigenvalue weighted by Crippen LogP contribution is 2.28. The number of carbonyl (C=O) groups is 2. The van der Waals surface area contributed by atoms with Crippen LogP contribution in [0.4, 0.5) is 8.78 Å². The fraction of sp³-hybridized carbons (Fsp3) is 0.833. The number of nitrogens with zero attached hydrogens (tertiary/aromatic N) is 2. The number of alkyl halides is 2. The largest absolute Gasteiger partial charge is 0.369 e. The molecule has 0 spiro atoms. The molecule has 2 heterocycles. The minimum atomic E-state index is -2.68. The van der Waals surface area contributed by atoms with E-state index in [2.05, 4.69) is 0 Å². The van der Waals surface area contributed by atoms with Gasteiger partial charge in [0.15, 0.2) is 0 Å². The van der Waals surface area contributed by atoms with Gasteiger partial charge in [0.1, 0.15) is 6.10 Å². The molecule has 0 aromatic carbocycles. The van der Waals surface area contributed by atoms with E-state index in [1.165, 1.54) is 4.90 Å². The van der Waals surface area contributed by atoms with Crippen molar-refractivity contribution in [2.75, 3.05) is 39.3 Å². The zero-order valence-electron chi connectivity index (χ0n) is 11.2. The van der Waals surface area contributed by atoms with Gasteiger partial charge in [-0.25, -0.2) is 8.78 Å². The van der Waals surface area contributed by atoms with Gasteiger partial charge >= 0.3 is 0 Å². The van der Waals surface area contributed by atoms with E-state index >= 15 is 0 Å². The first kappa shape index (κ1) is 15.1. The van der Waals surface area contributed by atoms with Crippen LogP contribution in [-0.4, -0.2) is 73.0 Å². The summed E-state index contributed by atoms with van der Waals surface area (Å²) in [5.74, 6) is -3.42. The number of likely N-dealkylation sites (tertiary alicyclic amines) is 1. The highest BCUT2D eigenvalue weighted by molar-refractivity contribution is 5.81. The second-order valence-electron chi connectivity index (χ2n) is 5.24. The van der Waals surface area contributed by atoms with E-state index in [1.54, 1.807) is 4.90 Å². The topological polar surface area (TPSA) is 75.9 Å². The normalized spacial score (nSPS) is 27.3. The van der Waals surface area contributed by atoms with Crippen molar-refractivity contribution >= 4 is 11.8 Å². The fourth-order valence-electron chi connectivity index (χ4n) is 2.47. The molecule has 6 nitrogen and oxygen atoms in total. The lowest BCUT2D eigenvalue weighted by Gasteiger charge is -2.37. The Kier molecular flexibility index (Phi) is 4.54. The number of carbonyl (C=O) groups excluding carboxylic acids is 2. The molecule has 1 atom stereocenters. The van der Waals surface area contributed by atoms with Crippen LogP contribution in [0.25, 0.3) is 0 Å². The van der Waals surface area contributed by atoms with Crippen molar-refractivity contribution in [1.82, 2.24) is 9.80 Å². The van der Waals surface area contributed by atoms with E-state index in [9.17, 15) is 18.4 Å². The van der Waals surface area contributed by atoms with Crippen molar-refractivity contribution in [3.63, 3.8) is 0 Å². The highest BCUT2D eigenvalue weighted by atomic mass is 19.3. The van der Waals surface area contributed by atoms with Gasteiger partial charge in [-0.2, -0.15) is 0 Å². The number of hydrogen-bond acceptors (Lipinski definition) is 4. The van der Waals surface area contributed by atoms with Gasteiger partial charge in [0, 0.05) is 39.0 Å². The summed E-state index contributed by atoms with van der Waals surface area (Å²) in [5.41, 5.74) is 5.12. The van der Waals surface area contributed by atoms with Crippen LogP contribution in [0, 0.1) is 0 Å². The minimum absolute atomic E-state index is 0.0432. The number of ether oxygens (including phenoxy) is 1. The van der Waals surface area contributed by atoms with Crippen LogP contribution >= 0.6 is 0 Å². The van der Waals surface area contributed by atoms with Gasteiger partial charge in [-0.05, 0) is 0 Å². The lowest BCUT2D eigenvalue weighted by molar-refractivity contribution is -0.155. The molecule has 20 heavy (non-hydrogen) atoms. The highest BCUT2D eigenvalue weighted by Gasteiger charge is 2.38. The Bertz CT molecular complexity index is 382. The molecule has 2 aliphatic rings. The zero-order valence-corrected chi connectivity index (χ0v) is 11.2. The summed E-state index contributed by atoms with van der Waals surface area (Å²) in [7, 11) is 0. The standard InChI is InChI=1S/C12H19F2N3O3/c13-12(14)1-3-17(4-2-12)11(19)9-7-16(5-6-20-9)8-10(15)18/h9H,1-8H2,(H2,15,18). The molecule has 8 heteroatoms. The fourth-order valence-corrected chi connectivity index (χ4v) is 2.47. The number of nitrogens with two attached hydrogens (primary N) is 1.